The van der Waals surface area contributed by atoms with Gasteiger partial charge in [0.25, 0.3) is 0 Å². The zero-order valence-electron chi connectivity index (χ0n) is 9.01. The third kappa shape index (κ3) is 4.61. The minimum Gasteiger partial charge on any atom is -0.308 e. The average Bonchev–Trinajstić information content (AvgIpc) is 2.67. The van der Waals surface area contributed by atoms with E-state index in [1.807, 2.05) is 6.92 Å². The third-order valence-corrected chi connectivity index (χ3v) is 2.17. The van der Waals surface area contributed by atoms with Gasteiger partial charge in [-0.2, -0.15) is 18.3 Å². The van der Waals surface area contributed by atoms with Gasteiger partial charge in [-0.25, -0.2) is 4.98 Å². The number of nitrogens with zero attached hydrogens (tertiary/aromatic N) is 2. The Bertz CT molecular complexity index is 283. The Morgan fingerprint density at radius 2 is 2.25 bits per heavy atom. The van der Waals surface area contributed by atoms with Crippen molar-refractivity contribution < 1.29 is 13.2 Å². The smallest absolute Gasteiger partial charge is 0.308 e. The fraction of sp³-hybridized carbons (Fsp3) is 0.778. The van der Waals surface area contributed by atoms with Crippen molar-refractivity contribution in [3.05, 3.63) is 12.2 Å². The normalized spacial score (nSPS) is 14.0. The predicted molar refractivity (Wildman–Crippen MR) is 52.7 cm³/mol. The molecule has 1 atom stereocenters. The molecule has 1 rings (SSSR count). The Morgan fingerprint density at radius 1 is 1.50 bits per heavy atom. The van der Waals surface area contributed by atoms with Crippen LogP contribution in [-0.2, 0) is 0 Å². The van der Waals surface area contributed by atoms with Gasteiger partial charge in [0.2, 0.25) is 0 Å². The van der Waals surface area contributed by atoms with E-state index in [-0.39, 0.29) is 12.5 Å². The number of aromatic amines is 1. The summed E-state index contributed by atoms with van der Waals surface area (Å²) in [7, 11) is 0. The quantitative estimate of drug-likeness (QED) is 0.796. The summed E-state index contributed by atoms with van der Waals surface area (Å²) in [5, 5.41) is 9.42. The van der Waals surface area contributed by atoms with Crippen LogP contribution in [0.2, 0.25) is 0 Å². The lowest BCUT2D eigenvalue weighted by Gasteiger charge is -2.15. The number of alkyl halides is 3. The minimum absolute atomic E-state index is 0.0852. The van der Waals surface area contributed by atoms with E-state index >= 15 is 0 Å². The highest BCUT2D eigenvalue weighted by molar-refractivity contribution is 4.90. The summed E-state index contributed by atoms with van der Waals surface area (Å²) in [5.41, 5.74) is 0. The van der Waals surface area contributed by atoms with Gasteiger partial charge >= 0.3 is 6.18 Å². The molecule has 1 aromatic heterocycles. The molecule has 1 unspecified atom stereocenters. The highest BCUT2D eigenvalue weighted by Gasteiger charge is 2.27. The molecule has 92 valence electrons. The second-order valence-corrected chi connectivity index (χ2v) is 3.49. The van der Waals surface area contributed by atoms with Crippen LogP contribution in [0.4, 0.5) is 13.2 Å². The molecule has 0 radical (unpaired) electrons. The van der Waals surface area contributed by atoms with E-state index in [0.717, 1.165) is 0 Å². The molecule has 0 aliphatic carbocycles. The first-order valence-electron chi connectivity index (χ1n) is 5.18. The van der Waals surface area contributed by atoms with Crippen LogP contribution in [0.5, 0.6) is 0 Å². The monoisotopic (exact) mass is 236 g/mol. The van der Waals surface area contributed by atoms with Gasteiger partial charge in [0, 0.05) is 6.42 Å². The standard InChI is InChI=1S/C9H15F3N4/c1-2-13-7(8-14-6-15-16-8)4-3-5-9(10,11)12/h6-7,13H,2-5H2,1H3,(H,14,15,16). The molecule has 0 amide bonds. The van der Waals surface area contributed by atoms with Gasteiger partial charge in [0.05, 0.1) is 6.04 Å². The maximum atomic E-state index is 12.0. The molecule has 2 N–H and O–H groups in total. The van der Waals surface area contributed by atoms with E-state index in [1.54, 1.807) is 0 Å². The Hall–Kier alpha value is -1.11. The van der Waals surface area contributed by atoms with Crippen LogP contribution < -0.4 is 5.32 Å². The number of H-pyrrole nitrogens is 1. The first-order chi connectivity index (χ1) is 7.53. The van der Waals surface area contributed by atoms with Gasteiger partial charge in [-0.05, 0) is 19.4 Å². The molecule has 0 aromatic carbocycles. The molecule has 0 saturated heterocycles. The Kier molecular flexibility index (Phi) is 4.72. The zero-order valence-corrected chi connectivity index (χ0v) is 9.01. The lowest BCUT2D eigenvalue weighted by molar-refractivity contribution is -0.135. The van der Waals surface area contributed by atoms with Gasteiger partial charge in [-0.3, -0.25) is 5.10 Å². The van der Waals surface area contributed by atoms with E-state index in [0.29, 0.717) is 18.8 Å². The number of aromatic nitrogens is 3. The fourth-order valence-corrected chi connectivity index (χ4v) is 1.47. The van der Waals surface area contributed by atoms with Crippen molar-refractivity contribution in [3.8, 4) is 0 Å². The predicted octanol–water partition coefficient (Wildman–Crippen LogP) is 2.19. The van der Waals surface area contributed by atoms with Crippen LogP contribution in [0.3, 0.4) is 0 Å². The first-order valence-corrected chi connectivity index (χ1v) is 5.18. The Labute approximate surface area is 91.6 Å². The van der Waals surface area contributed by atoms with Crippen molar-refractivity contribution in [3.63, 3.8) is 0 Å². The molecule has 1 aromatic rings. The van der Waals surface area contributed by atoms with E-state index < -0.39 is 12.6 Å². The van der Waals surface area contributed by atoms with Crippen LogP contribution in [0, 0.1) is 0 Å². The van der Waals surface area contributed by atoms with Crippen LogP contribution in [0.15, 0.2) is 6.33 Å². The van der Waals surface area contributed by atoms with Gasteiger partial charge in [0.15, 0.2) is 0 Å². The summed E-state index contributed by atoms with van der Waals surface area (Å²) in [5.74, 6) is 0.587. The van der Waals surface area contributed by atoms with E-state index in [2.05, 4.69) is 20.5 Å². The lowest BCUT2D eigenvalue weighted by atomic mass is 10.1. The van der Waals surface area contributed by atoms with Crippen molar-refractivity contribution >= 4 is 0 Å². The fourth-order valence-electron chi connectivity index (χ4n) is 1.47. The molecule has 0 fully saturated rings. The average molecular weight is 236 g/mol. The van der Waals surface area contributed by atoms with Crippen molar-refractivity contribution in [1.29, 1.82) is 0 Å². The molecule has 0 aliphatic rings. The molecule has 0 aliphatic heterocycles. The van der Waals surface area contributed by atoms with Crippen LogP contribution in [-0.4, -0.2) is 27.9 Å². The van der Waals surface area contributed by atoms with Crippen molar-refractivity contribution in [2.24, 2.45) is 0 Å². The topological polar surface area (TPSA) is 53.6 Å². The van der Waals surface area contributed by atoms with Crippen molar-refractivity contribution in [2.75, 3.05) is 6.54 Å². The Morgan fingerprint density at radius 3 is 2.75 bits per heavy atom. The largest absolute Gasteiger partial charge is 0.389 e. The summed E-state index contributed by atoms with van der Waals surface area (Å²) in [6, 6.07) is -0.185. The number of halogens is 3. The summed E-state index contributed by atoms with van der Waals surface area (Å²) < 4.78 is 35.9. The van der Waals surface area contributed by atoms with Gasteiger partial charge in [-0.1, -0.05) is 6.92 Å². The lowest BCUT2D eigenvalue weighted by Crippen LogP contribution is -2.22. The summed E-state index contributed by atoms with van der Waals surface area (Å²) in [4.78, 5) is 3.94. The number of hydrogen-bond acceptors (Lipinski definition) is 3. The van der Waals surface area contributed by atoms with Crippen LogP contribution in [0.25, 0.3) is 0 Å². The molecule has 0 bridgehead atoms. The maximum Gasteiger partial charge on any atom is 0.389 e. The molecule has 0 spiro atoms. The number of nitrogens with one attached hydrogen (secondary N) is 2. The zero-order chi connectivity index (χ0) is 12.0. The van der Waals surface area contributed by atoms with Crippen LogP contribution >= 0.6 is 0 Å². The molecule has 16 heavy (non-hydrogen) atoms. The van der Waals surface area contributed by atoms with Crippen LogP contribution in [0.1, 0.15) is 38.1 Å². The third-order valence-electron chi connectivity index (χ3n) is 2.17. The van der Waals surface area contributed by atoms with E-state index in [9.17, 15) is 13.2 Å². The first kappa shape index (κ1) is 13.0. The molecule has 4 nitrogen and oxygen atoms in total. The highest BCUT2D eigenvalue weighted by atomic mass is 19.4. The molecule has 0 saturated carbocycles. The summed E-state index contributed by atoms with van der Waals surface area (Å²) in [6.45, 7) is 2.57. The van der Waals surface area contributed by atoms with E-state index in [4.69, 9.17) is 0 Å². The van der Waals surface area contributed by atoms with Gasteiger partial charge in [-0.15, -0.1) is 0 Å². The van der Waals surface area contributed by atoms with Crippen molar-refractivity contribution in [1.82, 2.24) is 20.5 Å². The minimum atomic E-state index is -4.09. The SMILES string of the molecule is CCNC(CCCC(F)(F)F)c1ncn[nH]1. The number of rotatable bonds is 6. The Balaban J connectivity index is 2.41. The second kappa shape index (κ2) is 5.83. The number of hydrogen-bond donors (Lipinski definition) is 2. The van der Waals surface area contributed by atoms with Gasteiger partial charge < -0.3 is 5.32 Å². The maximum absolute atomic E-state index is 12.0. The molecular weight excluding hydrogens is 221 g/mol. The highest BCUT2D eigenvalue weighted by Crippen LogP contribution is 2.25. The van der Waals surface area contributed by atoms with Crippen molar-refractivity contribution in [2.45, 2.75) is 38.4 Å². The molecule has 7 heteroatoms. The van der Waals surface area contributed by atoms with Gasteiger partial charge in [0.1, 0.15) is 12.2 Å². The molecule has 1 heterocycles. The van der Waals surface area contributed by atoms with E-state index in [1.165, 1.54) is 6.33 Å². The summed E-state index contributed by atoms with van der Waals surface area (Å²) >= 11 is 0. The molecular formula is C9H15F3N4. The summed E-state index contributed by atoms with van der Waals surface area (Å²) in [6.07, 6.45) is -3.02. The second-order valence-electron chi connectivity index (χ2n) is 3.49.